The average molecular weight is 180 g/mol. The molecular formula is C8H8N2O3. The van der Waals surface area contributed by atoms with Gasteiger partial charge in [0.1, 0.15) is 5.57 Å². The van der Waals surface area contributed by atoms with Gasteiger partial charge in [-0.25, -0.2) is 4.79 Å². The van der Waals surface area contributed by atoms with Gasteiger partial charge in [0, 0.05) is 0 Å². The minimum Gasteiger partial charge on any atom is -0.273 e. The molecule has 5 heteroatoms. The smallest absolute Gasteiger partial charge is 0.273 e. The lowest BCUT2D eigenvalue weighted by molar-refractivity contribution is -0.124. The number of nitrogens with one attached hydrogen (secondary N) is 2. The molecule has 1 aliphatic rings. The molecule has 1 heterocycles. The zero-order valence-electron chi connectivity index (χ0n) is 6.96. The number of allylic oxidation sites excluding steroid dienone is 3. The second-order valence-corrected chi connectivity index (χ2v) is 2.34. The van der Waals surface area contributed by atoms with Gasteiger partial charge >= 0.3 is 6.03 Å². The van der Waals surface area contributed by atoms with E-state index < -0.39 is 17.8 Å². The minimum absolute atomic E-state index is 0.0716. The van der Waals surface area contributed by atoms with Crippen molar-refractivity contribution >= 4 is 17.8 Å². The highest BCUT2D eigenvalue weighted by Crippen LogP contribution is 2.00. The van der Waals surface area contributed by atoms with Crippen molar-refractivity contribution in [1.82, 2.24) is 10.6 Å². The number of hydrogen-bond donors (Lipinski definition) is 2. The molecular weight excluding hydrogens is 172 g/mol. The van der Waals surface area contributed by atoms with Crippen LogP contribution in [0.4, 0.5) is 4.79 Å². The Morgan fingerprint density at radius 2 is 1.62 bits per heavy atom. The maximum atomic E-state index is 11.0. The fraction of sp³-hybridized carbons (Fsp3) is 0.125. The van der Waals surface area contributed by atoms with Crippen LogP contribution in [-0.2, 0) is 9.59 Å². The van der Waals surface area contributed by atoms with E-state index in [1.165, 1.54) is 6.08 Å². The van der Waals surface area contributed by atoms with Gasteiger partial charge in [0.2, 0.25) is 0 Å². The number of amides is 4. The predicted octanol–water partition coefficient (Wildman–Crippen LogP) is -0.145. The van der Waals surface area contributed by atoms with E-state index in [2.05, 4.69) is 0 Å². The molecule has 68 valence electrons. The van der Waals surface area contributed by atoms with Gasteiger partial charge in [-0.05, 0) is 13.0 Å². The molecule has 0 spiro atoms. The Balaban J connectivity index is 2.91. The van der Waals surface area contributed by atoms with E-state index in [9.17, 15) is 14.4 Å². The van der Waals surface area contributed by atoms with Crippen molar-refractivity contribution in [2.75, 3.05) is 0 Å². The molecule has 0 bridgehead atoms. The van der Waals surface area contributed by atoms with Crippen molar-refractivity contribution in [2.24, 2.45) is 0 Å². The van der Waals surface area contributed by atoms with Gasteiger partial charge in [-0.3, -0.25) is 20.2 Å². The summed E-state index contributed by atoms with van der Waals surface area (Å²) in [5.41, 5.74) is -0.0716. The van der Waals surface area contributed by atoms with Crippen LogP contribution in [0, 0.1) is 0 Å². The van der Waals surface area contributed by atoms with E-state index in [1.54, 1.807) is 19.1 Å². The molecule has 0 aliphatic carbocycles. The van der Waals surface area contributed by atoms with Crippen LogP contribution in [0.15, 0.2) is 23.8 Å². The predicted molar refractivity (Wildman–Crippen MR) is 44.6 cm³/mol. The van der Waals surface area contributed by atoms with Gasteiger partial charge in [-0.1, -0.05) is 12.2 Å². The van der Waals surface area contributed by atoms with Crippen LogP contribution in [-0.4, -0.2) is 17.8 Å². The molecule has 0 atom stereocenters. The summed E-state index contributed by atoms with van der Waals surface area (Å²) in [5.74, 6) is -1.35. The van der Waals surface area contributed by atoms with E-state index >= 15 is 0 Å². The van der Waals surface area contributed by atoms with Gasteiger partial charge in [-0.2, -0.15) is 0 Å². The number of urea groups is 1. The Labute approximate surface area is 74.5 Å². The molecule has 0 unspecified atom stereocenters. The number of rotatable bonds is 1. The Bertz CT molecular complexity index is 306. The third kappa shape index (κ3) is 2.02. The molecule has 0 aromatic rings. The molecule has 1 fully saturated rings. The summed E-state index contributed by atoms with van der Waals surface area (Å²) in [5, 5.41) is 3.91. The molecule has 2 N–H and O–H groups in total. The molecule has 0 saturated carbocycles. The van der Waals surface area contributed by atoms with Crippen LogP contribution < -0.4 is 10.6 Å². The van der Waals surface area contributed by atoms with Crippen molar-refractivity contribution in [3.8, 4) is 0 Å². The third-order valence-electron chi connectivity index (χ3n) is 1.40. The number of carbonyl (C=O) groups is 3. The lowest BCUT2D eigenvalue weighted by atomic mass is 10.2. The summed E-state index contributed by atoms with van der Waals surface area (Å²) in [7, 11) is 0. The summed E-state index contributed by atoms with van der Waals surface area (Å²) in [6, 6.07) is -0.785. The van der Waals surface area contributed by atoms with Crippen molar-refractivity contribution < 1.29 is 14.4 Å². The highest BCUT2D eigenvalue weighted by atomic mass is 16.2. The van der Waals surface area contributed by atoms with E-state index in [0.717, 1.165) is 0 Å². The average Bonchev–Trinajstić information content (AvgIpc) is 2.02. The van der Waals surface area contributed by atoms with Crippen LogP contribution in [0.3, 0.4) is 0 Å². The zero-order chi connectivity index (χ0) is 9.84. The number of imide groups is 2. The molecule has 13 heavy (non-hydrogen) atoms. The first kappa shape index (κ1) is 9.18. The monoisotopic (exact) mass is 180 g/mol. The van der Waals surface area contributed by atoms with E-state index in [4.69, 9.17) is 0 Å². The van der Waals surface area contributed by atoms with E-state index in [0.29, 0.717) is 0 Å². The number of barbiturate groups is 1. The molecule has 1 saturated heterocycles. The summed E-state index contributed by atoms with van der Waals surface area (Å²) in [6.07, 6.45) is 4.56. The maximum absolute atomic E-state index is 11.0. The Hall–Kier alpha value is -1.91. The normalized spacial score (nSPS) is 17.3. The Morgan fingerprint density at radius 3 is 2.08 bits per heavy atom. The van der Waals surface area contributed by atoms with Crippen molar-refractivity contribution in [1.29, 1.82) is 0 Å². The fourth-order valence-corrected chi connectivity index (χ4v) is 0.819. The topological polar surface area (TPSA) is 75.3 Å². The summed E-state index contributed by atoms with van der Waals surface area (Å²) in [4.78, 5) is 32.6. The van der Waals surface area contributed by atoms with Gasteiger partial charge in [0.25, 0.3) is 11.8 Å². The fourth-order valence-electron chi connectivity index (χ4n) is 0.819. The van der Waals surface area contributed by atoms with E-state index in [1.807, 2.05) is 10.6 Å². The quantitative estimate of drug-likeness (QED) is 0.435. The molecule has 0 aromatic heterocycles. The van der Waals surface area contributed by atoms with Crippen molar-refractivity contribution in [3.05, 3.63) is 23.8 Å². The first-order valence-corrected chi connectivity index (χ1v) is 3.65. The molecule has 0 aromatic carbocycles. The number of hydrogen-bond acceptors (Lipinski definition) is 3. The highest BCUT2D eigenvalue weighted by Gasteiger charge is 2.26. The van der Waals surface area contributed by atoms with Crippen LogP contribution in [0.5, 0.6) is 0 Å². The zero-order valence-corrected chi connectivity index (χ0v) is 6.96. The van der Waals surface area contributed by atoms with Crippen molar-refractivity contribution in [3.63, 3.8) is 0 Å². The van der Waals surface area contributed by atoms with Crippen LogP contribution in [0.1, 0.15) is 6.92 Å². The SMILES string of the molecule is C/C=C/C=C1C(=O)NC(=O)NC1=O. The number of carbonyl (C=O) groups excluding carboxylic acids is 3. The molecule has 0 radical (unpaired) electrons. The summed E-state index contributed by atoms with van der Waals surface area (Å²) in [6.45, 7) is 1.75. The first-order chi connectivity index (χ1) is 6.15. The van der Waals surface area contributed by atoms with Crippen LogP contribution in [0.25, 0.3) is 0 Å². The second-order valence-electron chi connectivity index (χ2n) is 2.34. The lowest BCUT2D eigenvalue weighted by Crippen LogP contribution is -2.51. The van der Waals surface area contributed by atoms with Gasteiger partial charge in [0.15, 0.2) is 0 Å². The third-order valence-corrected chi connectivity index (χ3v) is 1.40. The summed E-state index contributed by atoms with van der Waals surface area (Å²) >= 11 is 0. The lowest BCUT2D eigenvalue weighted by Gasteiger charge is -2.12. The molecule has 4 amide bonds. The van der Waals surface area contributed by atoms with Crippen LogP contribution >= 0.6 is 0 Å². The van der Waals surface area contributed by atoms with Gasteiger partial charge < -0.3 is 0 Å². The highest BCUT2D eigenvalue weighted by molar-refractivity contribution is 6.28. The standard InChI is InChI=1S/C8H8N2O3/c1-2-3-4-5-6(11)9-8(13)10-7(5)12/h2-4H,1H3,(H2,9,10,11,12,13)/b3-2+. The van der Waals surface area contributed by atoms with Crippen LogP contribution in [0.2, 0.25) is 0 Å². The van der Waals surface area contributed by atoms with Gasteiger partial charge in [-0.15, -0.1) is 0 Å². The Morgan fingerprint density at radius 1 is 1.08 bits per heavy atom. The first-order valence-electron chi connectivity index (χ1n) is 3.65. The van der Waals surface area contributed by atoms with Crippen molar-refractivity contribution in [2.45, 2.75) is 6.92 Å². The minimum atomic E-state index is -0.785. The summed E-state index contributed by atoms with van der Waals surface area (Å²) < 4.78 is 0. The largest absolute Gasteiger partial charge is 0.328 e. The second kappa shape index (κ2) is 3.66. The molecule has 5 nitrogen and oxygen atoms in total. The molecule has 1 rings (SSSR count). The Kier molecular flexibility index (Phi) is 2.59. The van der Waals surface area contributed by atoms with Gasteiger partial charge in [0.05, 0.1) is 0 Å². The molecule has 1 aliphatic heterocycles. The maximum Gasteiger partial charge on any atom is 0.328 e. The van der Waals surface area contributed by atoms with E-state index in [-0.39, 0.29) is 5.57 Å².